The lowest BCUT2D eigenvalue weighted by atomic mass is 9.65. The zero-order valence-corrected chi connectivity index (χ0v) is 22.8. The number of aliphatic hydroxyl groups is 1. The molecule has 6 nitrogen and oxygen atoms in total. The molecular formula is C29H34O6Si. The van der Waals surface area contributed by atoms with Crippen LogP contribution in [-0.2, 0) is 4.74 Å². The normalized spacial score (nSPS) is 28.9. The number of hydrogen-bond acceptors (Lipinski definition) is 6. The molecule has 190 valence electrons. The molecule has 0 radical (unpaired) electrons. The van der Waals surface area contributed by atoms with Gasteiger partial charge in [-0.3, -0.25) is 9.59 Å². The predicted octanol–water partition coefficient (Wildman–Crippen LogP) is 4.89. The largest absolute Gasteiger partial charge is 0.507 e. The lowest BCUT2D eigenvalue weighted by molar-refractivity contribution is -0.0747. The monoisotopic (exact) mass is 506 g/mol. The Morgan fingerprint density at radius 3 is 1.97 bits per heavy atom. The number of Topliss-reactive ketones (excluding diaryl/α,β-unsaturated/α-hetero) is 2. The number of carbonyl (C=O) groups is 2. The van der Waals surface area contributed by atoms with Crippen molar-refractivity contribution in [1.29, 1.82) is 0 Å². The van der Waals surface area contributed by atoms with Gasteiger partial charge in [0.15, 0.2) is 11.6 Å². The molecular weight excluding hydrogens is 472 g/mol. The number of carbonyl (C=O) groups excluding carboxylic acids is 2. The van der Waals surface area contributed by atoms with Gasteiger partial charge in [0, 0.05) is 47.0 Å². The Balaban J connectivity index is 1.71. The Kier molecular flexibility index (Phi) is 5.50. The Morgan fingerprint density at radius 2 is 1.50 bits per heavy atom. The van der Waals surface area contributed by atoms with Crippen LogP contribution in [0, 0.1) is 11.5 Å². The molecule has 3 N–H and O–H groups in total. The summed E-state index contributed by atoms with van der Waals surface area (Å²) in [6, 6.07) is 0. The quantitative estimate of drug-likeness (QED) is 0.217. The van der Waals surface area contributed by atoms with Gasteiger partial charge < -0.3 is 20.1 Å². The van der Waals surface area contributed by atoms with Crippen molar-refractivity contribution >= 4 is 19.6 Å². The fourth-order valence-electron chi connectivity index (χ4n) is 6.02. The molecule has 0 aromatic heterocycles. The highest BCUT2D eigenvalue weighted by Gasteiger charge is 2.50. The zero-order chi connectivity index (χ0) is 26.4. The van der Waals surface area contributed by atoms with E-state index in [2.05, 4.69) is 31.1 Å². The lowest BCUT2D eigenvalue weighted by Gasteiger charge is -2.41. The molecule has 0 heterocycles. The molecule has 1 aromatic rings. The lowest BCUT2D eigenvalue weighted by Crippen LogP contribution is -2.46. The summed E-state index contributed by atoms with van der Waals surface area (Å²) in [6.07, 6.45) is 4.66. The van der Waals surface area contributed by atoms with Gasteiger partial charge in [-0.05, 0) is 33.6 Å². The van der Waals surface area contributed by atoms with Crippen LogP contribution in [0.15, 0.2) is 23.3 Å². The summed E-state index contributed by atoms with van der Waals surface area (Å²) in [6.45, 7) is 11.7. The first-order chi connectivity index (χ1) is 16.6. The summed E-state index contributed by atoms with van der Waals surface area (Å²) < 4.78 is 6.24. The number of aromatic hydroxyl groups is 2. The van der Waals surface area contributed by atoms with Crippen LogP contribution in [0.3, 0.4) is 0 Å². The summed E-state index contributed by atoms with van der Waals surface area (Å²) in [5.74, 6) is 1.30. The van der Waals surface area contributed by atoms with Gasteiger partial charge in [0.05, 0.1) is 22.8 Å². The van der Waals surface area contributed by atoms with E-state index in [9.17, 15) is 24.9 Å². The molecule has 1 aromatic carbocycles. The summed E-state index contributed by atoms with van der Waals surface area (Å²) in [4.78, 5) is 28.0. The maximum atomic E-state index is 14.0. The maximum Gasteiger partial charge on any atom is 0.196 e. The van der Waals surface area contributed by atoms with E-state index in [0.29, 0.717) is 11.1 Å². The number of ketones is 2. The van der Waals surface area contributed by atoms with Crippen molar-refractivity contribution in [3.8, 4) is 23.0 Å². The van der Waals surface area contributed by atoms with E-state index in [1.54, 1.807) is 0 Å². The fourth-order valence-corrected chi connectivity index (χ4v) is 6.62. The Labute approximate surface area is 213 Å². The van der Waals surface area contributed by atoms with Crippen LogP contribution in [0.25, 0.3) is 0 Å². The maximum absolute atomic E-state index is 14.0. The number of fused-ring (bicyclic) bond motifs is 2. The summed E-state index contributed by atoms with van der Waals surface area (Å²) in [5.41, 5.74) is 2.06. The molecule has 0 saturated heterocycles. The number of rotatable bonds is 1. The number of phenols is 2. The van der Waals surface area contributed by atoms with Crippen LogP contribution >= 0.6 is 0 Å². The van der Waals surface area contributed by atoms with Crippen LogP contribution in [0.1, 0.15) is 90.1 Å². The highest BCUT2D eigenvalue weighted by molar-refractivity contribution is 6.83. The molecule has 4 atom stereocenters. The second-order valence-electron chi connectivity index (χ2n) is 12.6. The first-order valence-electron chi connectivity index (χ1n) is 12.7. The van der Waals surface area contributed by atoms with Crippen molar-refractivity contribution in [2.45, 2.75) is 95.2 Å². The Morgan fingerprint density at radius 1 is 0.972 bits per heavy atom. The van der Waals surface area contributed by atoms with Crippen molar-refractivity contribution in [2.75, 3.05) is 0 Å². The van der Waals surface area contributed by atoms with E-state index in [1.807, 2.05) is 32.9 Å². The van der Waals surface area contributed by atoms with Gasteiger partial charge in [-0.25, -0.2) is 0 Å². The van der Waals surface area contributed by atoms with Crippen LogP contribution in [0.2, 0.25) is 19.6 Å². The van der Waals surface area contributed by atoms with Crippen LogP contribution in [0.5, 0.6) is 11.5 Å². The molecule has 0 fully saturated rings. The smallest absolute Gasteiger partial charge is 0.196 e. The molecule has 5 aliphatic rings. The number of ether oxygens (including phenoxy) is 1. The number of allylic oxidation sites excluding steroid dienone is 2. The fraction of sp³-hybridized carbons (Fsp3) is 0.517. The molecule has 2 unspecified atom stereocenters. The van der Waals surface area contributed by atoms with Gasteiger partial charge in [-0.1, -0.05) is 37.7 Å². The van der Waals surface area contributed by atoms with Crippen molar-refractivity contribution in [2.24, 2.45) is 0 Å². The molecule has 36 heavy (non-hydrogen) atoms. The highest BCUT2D eigenvalue weighted by atomic mass is 28.3. The third-order valence-electron chi connectivity index (χ3n) is 7.41. The van der Waals surface area contributed by atoms with Gasteiger partial charge in [-0.15, -0.1) is 5.54 Å². The van der Waals surface area contributed by atoms with Crippen LogP contribution in [0.4, 0.5) is 0 Å². The molecule has 6 rings (SSSR count). The Hall–Kier alpha value is -2.66. The molecule has 0 aliphatic heterocycles. The van der Waals surface area contributed by atoms with Gasteiger partial charge >= 0.3 is 0 Å². The van der Waals surface area contributed by atoms with Gasteiger partial charge in [0.25, 0.3) is 0 Å². The van der Waals surface area contributed by atoms with E-state index in [4.69, 9.17) is 4.74 Å². The molecule has 5 aliphatic carbocycles. The third-order valence-corrected chi connectivity index (χ3v) is 8.28. The van der Waals surface area contributed by atoms with E-state index in [1.165, 1.54) is 0 Å². The van der Waals surface area contributed by atoms with Gasteiger partial charge in [0.1, 0.15) is 25.2 Å². The number of benzene rings is 1. The number of hydrogen-bond donors (Lipinski definition) is 3. The van der Waals surface area contributed by atoms with Crippen LogP contribution in [-0.4, -0.2) is 52.3 Å². The summed E-state index contributed by atoms with van der Waals surface area (Å²) >= 11 is 0. The topological polar surface area (TPSA) is 104 Å². The average molecular weight is 507 g/mol. The van der Waals surface area contributed by atoms with E-state index in [0.717, 1.165) is 12.8 Å². The van der Waals surface area contributed by atoms with E-state index in [-0.39, 0.29) is 58.4 Å². The Bertz CT molecular complexity index is 1330. The second-order valence-corrected chi connectivity index (χ2v) is 17.4. The van der Waals surface area contributed by atoms with Gasteiger partial charge in [-0.2, -0.15) is 0 Å². The van der Waals surface area contributed by atoms with Crippen molar-refractivity contribution < 1.29 is 29.6 Å². The SMILES string of the molecule is CC(C)(C)OC1CC(O)(C#C[Si](C)(C)C)CC2=C1C(=O)c1c(O)c3c(c(O)c1C2=O)[C@@H]1C=C[C@H]3CC1. The predicted molar refractivity (Wildman–Crippen MR) is 139 cm³/mol. The number of phenolic OH excluding ortho intramolecular Hbond substituents is 2. The third kappa shape index (κ3) is 3.96. The molecule has 0 amide bonds. The first kappa shape index (κ1) is 25.0. The van der Waals surface area contributed by atoms with Crippen molar-refractivity contribution in [3.05, 3.63) is 45.6 Å². The molecule has 0 spiro atoms. The zero-order valence-electron chi connectivity index (χ0n) is 21.8. The summed E-state index contributed by atoms with van der Waals surface area (Å²) in [7, 11) is -1.84. The average Bonchev–Trinajstić information content (AvgIpc) is 2.77. The minimum absolute atomic E-state index is 0.0417. The van der Waals surface area contributed by atoms with E-state index < -0.39 is 36.9 Å². The minimum Gasteiger partial charge on any atom is -0.507 e. The molecule has 2 bridgehead atoms. The standard InChI is InChI=1S/C29H34O6Si/c1-28(2,3)35-18-14-29(34,11-12-36(4,5)6)13-17-21(18)27(33)23-22(24(17)30)25(31)19-15-7-9-16(10-8-15)20(19)26(23)32/h7,9,15-16,18,31-32,34H,8,10,13-14H2,1-6H3/t15-,16+,18?,29?/m1/s1. The molecule has 7 heteroatoms. The van der Waals surface area contributed by atoms with E-state index >= 15 is 0 Å². The minimum atomic E-state index is -1.84. The summed E-state index contributed by atoms with van der Waals surface area (Å²) in [5, 5.41) is 34.2. The van der Waals surface area contributed by atoms with Crippen molar-refractivity contribution in [3.63, 3.8) is 0 Å². The second kappa shape index (κ2) is 7.92. The van der Waals surface area contributed by atoms with Crippen molar-refractivity contribution in [1.82, 2.24) is 0 Å². The first-order valence-corrected chi connectivity index (χ1v) is 16.2. The molecule has 0 saturated carbocycles. The van der Waals surface area contributed by atoms with Gasteiger partial charge in [0.2, 0.25) is 0 Å². The highest BCUT2D eigenvalue weighted by Crippen LogP contribution is 2.56. The van der Waals surface area contributed by atoms with Crippen LogP contribution < -0.4 is 0 Å².